The van der Waals surface area contributed by atoms with Crippen molar-refractivity contribution < 1.29 is 19.4 Å². The first-order valence-corrected chi connectivity index (χ1v) is 4.27. The minimum absolute atomic E-state index is 0.305. The third-order valence-electron chi connectivity index (χ3n) is 1.74. The van der Waals surface area contributed by atoms with Crippen LogP contribution in [0.4, 0.5) is 0 Å². The maximum absolute atomic E-state index is 10.8. The van der Waals surface area contributed by atoms with Crippen molar-refractivity contribution in [2.75, 3.05) is 6.61 Å². The normalized spacial score (nSPS) is 12.5. The van der Waals surface area contributed by atoms with Crippen molar-refractivity contribution in [3.8, 4) is 0 Å². The van der Waals surface area contributed by atoms with Crippen LogP contribution in [0.3, 0.4) is 0 Å². The molecule has 0 aromatic heterocycles. The number of hydrogen-bond donors (Lipinski definition) is 1. The van der Waals surface area contributed by atoms with Crippen molar-refractivity contribution in [3.63, 3.8) is 0 Å². The van der Waals surface area contributed by atoms with Crippen LogP contribution in [0.15, 0.2) is 11.8 Å². The van der Waals surface area contributed by atoms with E-state index >= 15 is 0 Å². The fraction of sp³-hybridized carbons (Fsp3) is 0.600. The molecule has 78 valence electrons. The molecule has 0 aromatic rings. The van der Waals surface area contributed by atoms with Gasteiger partial charge in [0.1, 0.15) is 0 Å². The van der Waals surface area contributed by atoms with Crippen molar-refractivity contribution in [1.82, 2.24) is 0 Å². The Hall–Kier alpha value is -1.34. The standard InChI is InChI=1S/C10H14O4/c1-4-14-8(9(12)13)10(2,3)6-5-7-11/h6,8H,4H2,1-3H3,(H,12,13). The van der Waals surface area contributed by atoms with Crippen LogP contribution in [-0.4, -0.2) is 29.7 Å². The summed E-state index contributed by atoms with van der Waals surface area (Å²) >= 11 is 0. The smallest absolute Gasteiger partial charge is 0.333 e. The lowest BCUT2D eigenvalue weighted by molar-refractivity contribution is -0.156. The van der Waals surface area contributed by atoms with Crippen molar-refractivity contribution in [2.24, 2.45) is 5.41 Å². The van der Waals surface area contributed by atoms with Gasteiger partial charge in [0.2, 0.25) is 0 Å². The molecule has 0 spiro atoms. The second-order valence-electron chi connectivity index (χ2n) is 3.39. The summed E-state index contributed by atoms with van der Waals surface area (Å²) in [5.74, 6) is 0.401. The quantitative estimate of drug-likeness (QED) is 0.529. The molecule has 14 heavy (non-hydrogen) atoms. The second-order valence-corrected chi connectivity index (χ2v) is 3.39. The second kappa shape index (κ2) is 5.40. The van der Waals surface area contributed by atoms with Crippen LogP contribution >= 0.6 is 0 Å². The Bertz CT molecular complexity index is 280. The molecule has 0 radical (unpaired) electrons. The molecule has 0 aliphatic heterocycles. The number of ether oxygens (including phenoxy) is 1. The Morgan fingerprint density at radius 2 is 2.21 bits per heavy atom. The number of hydrogen-bond acceptors (Lipinski definition) is 3. The topological polar surface area (TPSA) is 63.6 Å². The average molecular weight is 198 g/mol. The first-order valence-electron chi connectivity index (χ1n) is 4.27. The van der Waals surface area contributed by atoms with E-state index in [1.165, 1.54) is 12.0 Å². The molecule has 0 saturated heterocycles. The van der Waals surface area contributed by atoms with Gasteiger partial charge in [0, 0.05) is 12.0 Å². The summed E-state index contributed by atoms with van der Waals surface area (Å²) in [5.41, 5.74) is 1.43. The van der Waals surface area contributed by atoms with Gasteiger partial charge in [-0.2, -0.15) is 0 Å². The van der Waals surface area contributed by atoms with E-state index in [9.17, 15) is 9.59 Å². The molecule has 4 nitrogen and oxygen atoms in total. The highest BCUT2D eigenvalue weighted by Gasteiger charge is 2.33. The molecule has 0 amide bonds. The van der Waals surface area contributed by atoms with Gasteiger partial charge in [-0.25, -0.2) is 9.59 Å². The van der Waals surface area contributed by atoms with E-state index in [4.69, 9.17) is 9.84 Å². The molecule has 4 heteroatoms. The summed E-state index contributed by atoms with van der Waals surface area (Å²) in [7, 11) is 0. The maximum Gasteiger partial charge on any atom is 0.333 e. The highest BCUT2D eigenvalue weighted by molar-refractivity contribution is 5.73. The molecule has 0 fully saturated rings. The molecule has 0 rings (SSSR count). The summed E-state index contributed by atoms with van der Waals surface area (Å²) < 4.78 is 5.06. The Kier molecular flexibility index (Phi) is 4.89. The van der Waals surface area contributed by atoms with Crippen LogP contribution < -0.4 is 0 Å². The fourth-order valence-electron chi connectivity index (χ4n) is 1.06. The first-order chi connectivity index (χ1) is 6.45. The van der Waals surface area contributed by atoms with E-state index in [1.807, 2.05) is 0 Å². The molecule has 0 bridgehead atoms. The third kappa shape index (κ3) is 3.58. The van der Waals surface area contributed by atoms with Gasteiger partial charge in [-0.1, -0.05) is 13.8 Å². The Morgan fingerprint density at radius 3 is 2.57 bits per heavy atom. The zero-order valence-electron chi connectivity index (χ0n) is 8.53. The van der Waals surface area contributed by atoms with Gasteiger partial charge in [0.25, 0.3) is 0 Å². The van der Waals surface area contributed by atoms with Gasteiger partial charge in [-0.05, 0) is 18.7 Å². The molecule has 1 unspecified atom stereocenters. The molecule has 0 heterocycles. The van der Waals surface area contributed by atoms with Gasteiger partial charge in [-0.15, -0.1) is 0 Å². The summed E-state index contributed by atoms with van der Waals surface area (Å²) in [6.45, 7) is 5.34. The predicted molar refractivity (Wildman–Crippen MR) is 50.6 cm³/mol. The summed E-state index contributed by atoms with van der Waals surface area (Å²) in [6, 6.07) is 0. The average Bonchev–Trinajstić information content (AvgIpc) is 2.10. The largest absolute Gasteiger partial charge is 0.479 e. The maximum atomic E-state index is 10.8. The van der Waals surface area contributed by atoms with Gasteiger partial charge >= 0.3 is 5.97 Å². The SMILES string of the molecule is CCOC(C(=O)O)C(C)(C)C=C=C=O. The number of carbonyl (C=O) groups excluding carboxylic acids is 1. The molecule has 0 saturated carbocycles. The lowest BCUT2D eigenvalue weighted by Crippen LogP contribution is -2.37. The monoisotopic (exact) mass is 198 g/mol. The van der Waals surface area contributed by atoms with E-state index in [-0.39, 0.29) is 0 Å². The number of rotatable bonds is 5. The van der Waals surface area contributed by atoms with Crippen LogP contribution in [0.25, 0.3) is 0 Å². The lowest BCUT2D eigenvalue weighted by atomic mass is 9.86. The van der Waals surface area contributed by atoms with E-state index in [0.717, 1.165) is 0 Å². The Morgan fingerprint density at radius 1 is 1.64 bits per heavy atom. The van der Waals surface area contributed by atoms with Crippen molar-refractivity contribution >= 4 is 11.9 Å². The van der Waals surface area contributed by atoms with Crippen LogP contribution in [-0.2, 0) is 14.3 Å². The summed E-state index contributed by atoms with van der Waals surface area (Å²) in [6.07, 6.45) is 0.377. The Balaban J connectivity index is 4.88. The van der Waals surface area contributed by atoms with Gasteiger partial charge in [0.15, 0.2) is 12.0 Å². The number of carboxylic acid groups (broad SMARTS) is 1. The molecule has 1 atom stereocenters. The molecular formula is C10H14O4. The van der Waals surface area contributed by atoms with Crippen LogP contribution in [0, 0.1) is 5.41 Å². The van der Waals surface area contributed by atoms with Crippen LogP contribution in [0.5, 0.6) is 0 Å². The van der Waals surface area contributed by atoms with Crippen molar-refractivity contribution in [2.45, 2.75) is 26.9 Å². The molecule has 1 N–H and O–H groups in total. The molecular weight excluding hydrogens is 184 g/mol. The third-order valence-corrected chi connectivity index (χ3v) is 1.74. The number of aliphatic carboxylic acids is 1. The van der Waals surface area contributed by atoms with Crippen molar-refractivity contribution in [1.29, 1.82) is 0 Å². The molecule has 0 aromatic carbocycles. The minimum Gasteiger partial charge on any atom is -0.479 e. The van der Waals surface area contributed by atoms with E-state index < -0.39 is 17.5 Å². The van der Waals surface area contributed by atoms with Crippen LogP contribution in [0.2, 0.25) is 0 Å². The molecule has 0 aliphatic rings. The zero-order valence-corrected chi connectivity index (χ0v) is 8.53. The highest BCUT2D eigenvalue weighted by atomic mass is 16.5. The highest BCUT2D eigenvalue weighted by Crippen LogP contribution is 2.24. The van der Waals surface area contributed by atoms with Crippen LogP contribution in [0.1, 0.15) is 20.8 Å². The fourth-order valence-corrected chi connectivity index (χ4v) is 1.06. The number of carboxylic acids is 1. The van der Waals surface area contributed by atoms with Crippen molar-refractivity contribution in [3.05, 3.63) is 11.8 Å². The Labute approximate surface area is 82.9 Å². The minimum atomic E-state index is -1.05. The lowest BCUT2D eigenvalue weighted by Gasteiger charge is -2.26. The zero-order chi connectivity index (χ0) is 11.2. The summed E-state index contributed by atoms with van der Waals surface area (Å²) in [4.78, 5) is 20.8. The van der Waals surface area contributed by atoms with Gasteiger partial charge in [0.05, 0.1) is 0 Å². The molecule has 0 aliphatic carbocycles. The van der Waals surface area contributed by atoms with Gasteiger partial charge < -0.3 is 9.84 Å². The van der Waals surface area contributed by atoms with E-state index in [1.54, 1.807) is 20.8 Å². The van der Waals surface area contributed by atoms with E-state index in [2.05, 4.69) is 5.73 Å². The van der Waals surface area contributed by atoms with Gasteiger partial charge in [-0.3, -0.25) is 0 Å². The van der Waals surface area contributed by atoms with E-state index in [0.29, 0.717) is 6.61 Å². The first kappa shape index (κ1) is 12.7. The number of carbonyl (C=O) groups is 1. The predicted octanol–water partition coefficient (Wildman–Crippen LogP) is 1.05. The summed E-state index contributed by atoms with van der Waals surface area (Å²) in [5, 5.41) is 8.87.